The number of hydrogen-bond acceptors (Lipinski definition) is 3. The molecule has 4 nitrogen and oxygen atoms in total. The van der Waals surface area contributed by atoms with Crippen LogP contribution in [0.4, 0.5) is 0 Å². The molecule has 26 heavy (non-hydrogen) atoms. The molecule has 1 saturated heterocycles. The van der Waals surface area contributed by atoms with E-state index < -0.39 is 0 Å². The summed E-state index contributed by atoms with van der Waals surface area (Å²) in [7, 11) is 0. The van der Waals surface area contributed by atoms with Gasteiger partial charge in [0.2, 0.25) is 0 Å². The van der Waals surface area contributed by atoms with E-state index in [1.165, 1.54) is 24.8 Å². The first-order valence-electron chi connectivity index (χ1n) is 9.69. The van der Waals surface area contributed by atoms with Gasteiger partial charge in [-0.1, -0.05) is 23.1 Å². The summed E-state index contributed by atoms with van der Waals surface area (Å²) in [5, 5.41) is 8.71. The van der Waals surface area contributed by atoms with E-state index in [1.807, 2.05) is 10.9 Å². The van der Waals surface area contributed by atoms with Gasteiger partial charge in [-0.05, 0) is 70.6 Å². The zero-order valence-corrected chi connectivity index (χ0v) is 16.0. The molecule has 4 rings (SSSR count). The lowest BCUT2D eigenvalue weighted by Crippen LogP contribution is -2.37. The molecule has 1 unspecified atom stereocenters. The fourth-order valence-corrected chi connectivity index (χ4v) is 3.61. The zero-order chi connectivity index (χ0) is 18.1. The molecule has 1 aliphatic heterocycles. The van der Waals surface area contributed by atoms with Crippen molar-refractivity contribution >= 4 is 0 Å². The van der Waals surface area contributed by atoms with Crippen LogP contribution in [0, 0.1) is 24.7 Å². The Bertz CT molecular complexity index is 852. The van der Waals surface area contributed by atoms with Crippen LogP contribution in [0.25, 0.3) is 11.3 Å². The van der Waals surface area contributed by atoms with Crippen LogP contribution in [0.15, 0.2) is 24.4 Å². The molecule has 2 aromatic rings. The molecule has 0 spiro atoms. The van der Waals surface area contributed by atoms with E-state index >= 15 is 0 Å². The Morgan fingerprint density at radius 2 is 2.12 bits per heavy atom. The number of ether oxygens (including phenoxy) is 1. The lowest BCUT2D eigenvalue weighted by atomic mass is 9.95. The molecule has 0 N–H and O–H groups in total. The maximum absolute atomic E-state index is 6.18. The maximum Gasteiger partial charge on any atom is 0.113 e. The molecule has 2 aliphatic rings. The highest BCUT2D eigenvalue weighted by molar-refractivity contribution is 5.64. The van der Waals surface area contributed by atoms with Crippen LogP contribution in [-0.4, -0.2) is 26.7 Å². The van der Waals surface area contributed by atoms with E-state index in [2.05, 4.69) is 61.1 Å². The van der Waals surface area contributed by atoms with E-state index in [4.69, 9.17) is 4.74 Å². The summed E-state index contributed by atoms with van der Waals surface area (Å²) in [5.41, 5.74) is 4.29. The van der Waals surface area contributed by atoms with Gasteiger partial charge in [0.25, 0.3) is 0 Å². The van der Waals surface area contributed by atoms with Crippen LogP contribution in [0.2, 0.25) is 0 Å². The molecule has 0 radical (unpaired) electrons. The molecule has 1 aromatic heterocycles. The zero-order valence-electron chi connectivity index (χ0n) is 16.0. The Kier molecular flexibility index (Phi) is 4.58. The lowest BCUT2D eigenvalue weighted by molar-refractivity contribution is -0.113. The monoisotopic (exact) mass is 349 g/mol. The van der Waals surface area contributed by atoms with Gasteiger partial charge in [0.1, 0.15) is 5.69 Å². The van der Waals surface area contributed by atoms with Crippen LogP contribution in [0.3, 0.4) is 0 Å². The van der Waals surface area contributed by atoms with Crippen LogP contribution in [0.1, 0.15) is 57.1 Å². The number of aryl methyl sites for hydroxylation is 1. The Labute approximate surface area is 155 Å². The molecular weight excluding hydrogens is 322 g/mol. The first-order chi connectivity index (χ1) is 12.5. The standard InChI is InChI=1S/C22H27N3O/c1-16-13-18(9-8-17-6-7-17)10-11-20(16)21-15-25(24-23-21)14-19-5-4-12-22(2,3)26-19/h10-11,13,15,17,19H,4-7,12,14H2,1-3H3. The quantitative estimate of drug-likeness (QED) is 0.773. The topological polar surface area (TPSA) is 39.9 Å². The van der Waals surface area contributed by atoms with Crippen molar-refractivity contribution in [3.05, 3.63) is 35.5 Å². The number of benzene rings is 1. The fraction of sp³-hybridized carbons (Fsp3) is 0.545. The molecule has 0 amide bonds. The van der Waals surface area contributed by atoms with Crippen molar-refractivity contribution in [3.63, 3.8) is 0 Å². The fourth-order valence-electron chi connectivity index (χ4n) is 3.61. The third-order valence-electron chi connectivity index (χ3n) is 5.22. The first kappa shape index (κ1) is 17.3. The average molecular weight is 349 g/mol. The van der Waals surface area contributed by atoms with E-state index in [-0.39, 0.29) is 11.7 Å². The maximum atomic E-state index is 6.18. The van der Waals surface area contributed by atoms with Crippen LogP contribution in [-0.2, 0) is 11.3 Å². The Morgan fingerprint density at radius 3 is 2.85 bits per heavy atom. The van der Waals surface area contributed by atoms with Crippen LogP contribution < -0.4 is 0 Å². The van der Waals surface area contributed by atoms with Crippen molar-refractivity contribution in [1.29, 1.82) is 0 Å². The summed E-state index contributed by atoms with van der Waals surface area (Å²) in [5.74, 6) is 7.23. The molecule has 1 saturated carbocycles. The van der Waals surface area contributed by atoms with Gasteiger partial charge in [0.05, 0.1) is 24.4 Å². The minimum absolute atomic E-state index is 0.0275. The summed E-state index contributed by atoms with van der Waals surface area (Å²) >= 11 is 0. The van der Waals surface area contributed by atoms with Crippen molar-refractivity contribution in [2.45, 2.75) is 71.1 Å². The number of rotatable bonds is 3. The Hall–Kier alpha value is -2.12. The third-order valence-corrected chi connectivity index (χ3v) is 5.22. The minimum Gasteiger partial charge on any atom is -0.370 e. The molecule has 1 aromatic carbocycles. The Balaban J connectivity index is 1.46. The summed E-state index contributed by atoms with van der Waals surface area (Å²) in [6, 6.07) is 6.35. The van der Waals surface area contributed by atoms with Crippen LogP contribution in [0.5, 0.6) is 0 Å². The van der Waals surface area contributed by atoms with Crippen molar-refractivity contribution in [1.82, 2.24) is 15.0 Å². The van der Waals surface area contributed by atoms with E-state index in [0.29, 0.717) is 5.92 Å². The third kappa shape index (κ3) is 4.16. The van der Waals surface area contributed by atoms with Crippen molar-refractivity contribution < 1.29 is 4.74 Å². The highest BCUT2D eigenvalue weighted by atomic mass is 16.5. The highest BCUT2D eigenvalue weighted by Crippen LogP contribution is 2.29. The summed E-state index contributed by atoms with van der Waals surface area (Å²) < 4.78 is 8.10. The molecule has 4 heteroatoms. The van der Waals surface area contributed by atoms with Gasteiger partial charge in [0, 0.05) is 17.0 Å². The predicted molar refractivity (Wildman–Crippen MR) is 103 cm³/mol. The van der Waals surface area contributed by atoms with Gasteiger partial charge in [-0.25, -0.2) is 4.68 Å². The summed E-state index contributed by atoms with van der Waals surface area (Å²) in [6.07, 6.45) is 8.19. The smallest absolute Gasteiger partial charge is 0.113 e. The lowest BCUT2D eigenvalue weighted by Gasteiger charge is -2.35. The molecular formula is C22H27N3O. The molecule has 2 heterocycles. The number of aromatic nitrogens is 3. The van der Waals surface area contributed by atoms with Crippen LogP contribution >= 0.6 is 0 Å². The Morgan fingerprint density at radius 1 is 1.27 bits per heavy atom. The molecule has 136 valence electrons. The second-order valence-electron chi connectivity index (χ2n) is 8.29. The summed E-state index contributed by atoms with van der Waals surface area (Å²) in [4.78, 5) is 0. The number of nitrogens with zero attached hydrogens (tertiary/aromatic N) is 3. The van der Waals surface area contributed by atoms with Gasteiger partial charge in [-0.15, -0.1) is 5.10 Å². The number of hydrogen-bond donors (Lipinski definition) is 0. The highest BCUT2D eigenvalue weighted by Gasteiger charge is 2.28. The van der Waals surface area contributed by atoms with Crippen molar-refractivity contribution in [2.24, 2.45) is 5.92 Å². The van der Waals surface area contributed by atoms with Gasteiger partial charge in [-0.3, -0.25) is 0 Å². The van der Waals surface area contributed by atoms with E-state index in [9.17, 15) is 0 Å². The predicted octanol–water partition coefficient (Wildman–Crippen LogP) is 4.36. The van der Waals surface area contributed by atoms with Crippen molar-refractivity contribution in [3.8, 4) is 23.1 Å². The van der Waals surface area contributed by atoms with E-state index in [0.717, 1.165) is 36.2 Å². The van der Waals surface area contributed by atoms with Gasteiger partial charge in [-0.2, -0.15) is 0 Å². The van der Waals surface area contributed by atoms with Gasteiger partial charge < -0.3 is 4.74 Å². The van der Waals surface area contributed by atoms with E-state index in [1.54, 1.807) is 0 Å². The first-order valence-corrected chi connectivity index (χ1v) is 9.69. The molecule has 2 fully saturated rings. The second-order valence-corrected chi connectivity index (χ2v) is 8.29. The average Bonchev–Trinajstić information content (AvgIpc) is 3.31. The summed E-state index contributed by atoms with van der Waals surface area (Å²) in [6.45, 7) is 7.22. The molecule has 1 aliphatic carbocycles. The van der Waals surface area contributed by atoms with Gasteiger partial charge >= 0.3 is 0 Å². The SMILES string of the molecule is Cc1cc(C#CC2CC2)ccc1-c1cn(CC2CCCC(C)(C)O2)nn1. The molecule has 1 atom stereocenters. The van der Waals surface area contributed by atoms with Gasteiger partial charge in [0.15, 0.2) is 0 Å². The second kappa shape index (κ2) is 6.89. The minimum atomic E-state index is -0.0275. The normalized spacial score (nSPS) is 21.9. The molecule has 0 bridgehead atoms. The largest absolute Gasteiger partial charge is 0.370 e. The van der Waals surface area contributed by atoms with Crippen molar-refractivity contribution in [2.75, 3.05) is 0 Å².